The second-order valence-electron chi connectivity index (χ2n) is 6.92. The maximum Gasteiger partial charge on any atom is 0.243 e. The smallest absolute Gasteiger partial charge is 0.243 e. The van der Waals surface area contributed by atoms with Crippen LogP contribution in [-0.2, 0) is 14.4 Å². The number of nitrogens with one attached hydrogen (secondary N) is 2. The molecule has 1 atom stereocenters. The van der Waals surface area contributed by atoms with E-state index < -0.39 is 0 Å². The Balaban J connectivity index is 3.55. The minimum atomic E-state index is -0.0585. The largest absolute Gasteiger partial charge is 0.359 e. The molecule has 0 aliphatic rings. The zero-order valence-corrected chi connectivity index (χ0v) is 14.3. The third-order valence-electron chi connectivity index (χ3n) is 3.26. The molecular formula is C16H32N2O3. The van der Waals surface area contributed by atoms with Gasteiger partial charge in [-0.1, -0.05) is 27.7 Å². The van der Waals surface area contributed by atoms with Crippen LogP contribution in [0, 0.1) is 11.3 Å². The van der Waals surface area contributed by atoms with E-state index in [9.17, 15) is 9.59 Å². The first-order chi connectivity index (χ1) is 9.74. The number of carbonyl (C=O) groups is 2. The van der Waals surface area contributed by atoms with Gasteiger partial charge in [-0.15, -0.1) is 0 Å². The summed E-state index contributed by atoms with van der Waals surface area (Å²) in [5.74, 6) is 0.330. The summed E-state index contributed by atoms with van der Waals surface area (Å²) in [6.45, 7) is 9.04. The van der Waals surface area contributed by atoms with E-state index in [0.717, 1.165) is 25.7 Å². The number of carbonyl (C=O) groups excluding carboxylic acids is 2. The van der Waals surface area contributed by atoms with E-state index in [2.05, 4.69) is 38.5 Å². The predicted octanol–water partition coefficient (Wildman–Crippen LogP) is 2.80. The highest BCUT2D eigenvalue weighted by Crippen LogP contribution is 2.21. The molecule has 124 valence electrons. The molecule has 0 aliphatic heterocycles. The second kappa shape index (κ2) is 10.6. The lowest BCUT2D eigenvalue weighted by Crippen LogP contribution is -2.26. The fourth-order valence-corrected chi connectivity index (χ4v) is 1.91. The minimum Gasteiger partial charge on any atom is -0.359 e. The molecule has 0 bridgehead atoms. The Morgan fingerprint density at radius 3 is 2.29 bits per heavy atom. The van der Waals surface area contributed by atoms with Crippen LogP contribution >= 0.6 is 0 Å². The quantitative estimate of drug-likeness (QED) is 0.610. The van der Waals surface area contributed by atoms with Crippen LogP contribution in [0.4, 0.5) is 0 Å². The molecule has 21 heavy (non-hydrogen) atoms. The summed E-state index contributed by atoms with van der Waals surface area (Å²) < 4.78 is 0. The molecule has 5 heteroatoms. The lowest BCUT2D eigenvalue weighted by Gasteiger charge is -2.17. The van der Waals surface area contributed by atoms with Gasteiger partial charge < -0.3 is 5.32 Å². The highest BCUT2D eigenvalue weighted by Gasteiger charge is 2.11. The molecule has 0 aromatic heterocycles. The van der Waals surface area contributed by atoms with E-state index in [1.54, 1.807) is 7.05 Å². The van der Waals surface area contributed by atoms with Gasteiger partial charge in [0.2, 0.25) is 11.8 Å². The van der Waals surface area contributed by atoms with Crippen molar-refractivity contribution in [2.45, 2.75) is 66.2 Å². The fourth-order valence-electron chi connectivity index (χ4n) is 1.91. The lowest BCUT2D eigenvalue weighted by molar-refractivity contribution is -0.134. The van der Waals surface area contributed by atoms with E-state index in [1.165, 1.54) is 0 Å². The summed E-state index contributed by atoms with van der Waals surface area (Å²) >= 11 is 0. The van der Waals surface area contributed by atoms with Gasteiger partial charge in [0.15, 0.2) is 0 Å². The first kappa shape index (κ1) is 19.9. The summed E-state index contributed by atoms with van der Waals surface area (Å²) in [4.78, 5) is 27.9. The first-order valence-corrected chi connectivity index (χ1v) is 7.86. The van der Waals surface area contributed by atoms with Crippen molar-refractivity contribution in [1.29, 1.82) is 0 Å². The SMILES string of the molecule is CNC(=O)CCCC(C)CONC(=O)CCCC(C)(C)C. The minimum absolute atomic E-state index is 0.0585. The first-order valence-electron chi connectivity index (χ1n) is 7.86. The molecular weight excluding hydrogens is 268 g/mol. The van der Waals surface area contributed by atoms with E-state index >= 15 is 0 Å². The molecule has 0 fully saturated rings. The Morgan fingerprint density at radius 1 is 1.10 bits per heavy atom. The van der Waals surface area contributed by atoms with E-state index in [4.69, 9.17) is 4.84 Å². The zero-order chi connectivity index (χ0) is 16.3. The monoisotopic (exact) mass is 300 g/mol. The summed E-state index contributed by atoms with van der Waals surface area (Å²) in [5, 5.41) is 2.60. The number of amides is 2. The standard InChI is InChI=1S/C16H32N2O3/c1-13(8-6-9-14(19)17-5)12-21-18-15(20)10-7-11-16(2,3)4/h13H,6-12H2,1-5H3,(H,17,19)(H,18,20). The van der Waals surface area contributed by atoms with Gasteiger partial charge >= 0.3 is 0 Å². The van der Waals surface area contributed by atoms with E-state index in [-0.39, 0.29) is 17.2 Å². The van der Waals surface area contributed by atoms with Gasteiger partial charge in [0.25, 0.3) is 0 Å². The van der Waals surface area contributed by atoms with Gasteiger partial charge in [-0.25, -0.2) is 5.48 Å². The van der Waals surface area contributed by atoms with Crippen LogP contribution in [0.5, 0.6) is 0 Å². The molecule has 5 nitrogen and oxygen atoms in total. The summed E-state index contributed by atoms with van der Waals surface area (Å²) in [6, 6.07) is 0. The normalized spacial score (nSPS) is 12.8. The molecule has 2 N–H and O–H groups in total. The van der Waals surface area contributed by atoms with Crippen molar-refractivity contribution in [3.05, 3.63) is 0 Å². The summed E-state index contributed by atoms with van der Waals surface area (Å²) in [6.07, 6.45) is 4.69. The molecule has 0 aromatic rings. The molecule has 0 saturated carbocycles. The van der Waals surface area contributed by atoms with Crippen molar-refractivity contribution in [3.63, 3.8) is 0 Å². The van der Waals surface area contributed by atoms with Gasteiger partial charge in [0.05, 0.1) is 6.61 Å². The van der Waals surface area contributed by atoms with Crippen molar-refractivity contribution < 1.29 is 14.4 Å². The molecule has 0 rings (SSSR count). The van der Waals surface area contributed by atoms with Crippen LogP contribution in [0.25, 0.3) is 0 Å². The fraction of sp³-hybridized carbons (Fsp3) is 0.875. The Hall–Kier alpha value is -1.10. The molecule has 0 spiro atoms. The van der Waals surface area contributed by atoms with Crippen molar-refractivity contribution in [3.8, 4) is 0 Å². The molecule has 0 saturated heterocycles. The van der Waals surface area contributed by atoms with Crippen LogP contribution in [-0.4, -0.2) is 25.5 Å². The van der Waals surface area contributed by atoms with Gasteiger partial charge in [0, 0.05) is 19.9 Å². The molecule has 0 aromatic carbocycles. The van der Waals surface area contributed by atoms with Crippen LogP contribution in [0.2, 0.25) is 0 Å². The maximum absolute atomic E-state index is 11.6. The van der Waals surface area contributed by atoms with Gasteiger partial charge in [-0.05, 0) is 37.0 Å². The highest BCUT2D eigenvalue weighted by molar-refractivity contribution is 5.75. The molecule has 2 amide bonds. The molecule has 1 unspecified atom stereocenters. The predicted molar refractivity (Wildman–Crippen MR) is 84.5 cm³/mol. The third kappa shape index (κ3) is 13.6. The van der Waals surface area contributed by atoms with Crippen LogP contribution in [0.3, 0.4) is 0 Å². The van der Waals surface area contributed by atoms with Gasteiger partial charge in [0.1, 0.15) is 0 Å². The summed E-state index contributed by atoms with van der Waals surface area (Å²) in [5.41, 5.74) is 2.76. The van der Waals surface area contributed by atoms with E-state index in [1.807, 2.05) is 0 Å². The Labute approximate surface area is 129 Å². The van der Waals surface area contributed by atoms with Gasteiger partial charge in [-0.3, -0.25) is 14.4 Å². The van der Waals surface area contributed by atoms with Crippen molar-refractivity contribution >= 4 is 11.8 Å². The molecule has 0 aliphatic carbocycles. The van der Waals surface area contributed by atoms with Crippen LogP contribution in [0.15, 0.2) is 0 Å². The zero-order valence-electron chi connectivity index (χ0n) is 14.3. The Kier molecular flexibility index (Phi) is 10.0. The third-order valence-corrected chi connectivity index (χ3v) is 3.26. The summed E-state index contributed by atoms with van der Waals surface area (Å²) in [7, 11) is 1.64. The average molecular weight is 300 g/mol. The average Bonchev–Trinajstić information content (AvgIpc) is 2.36. The van der Waals surface area contributed by atoms with Crippen molar-refractivity contribution in [2.75, 3.05) is 13.7 Å². The second-order valence-corrected chi connectivity index (χ2v) is 6.92. The van der Waals surface area contributed by atoms with Crippen molar-refractivity contribution in [2.24, 2.45) is 11.3 Å². The number of hydrogen-bond donors (Lipinski definition) is 2. The molecule has 0 radical (unpaired) electrons. The topological polar surface area (TPSA) is 67.4 Å². The number of rotatable bonds is 10. The maximum atomic E-state index is 11.6. The van der Waals surface area contributed by atoms with E-state index in [0.29, 0.717) is 25.4 Å². The van der Waals surface area contributed by atoms with Crippen molar-refractivity contribution in [1.82, 2.24) is 10.8 Å². The number of hydrogen-bond acceptors (Lipinski definition) is 3. The lowest BCUT2D eigenvalue weighted by atomic mass is 9.90. The Morgan fingerprint density at radius 2 is 1.71 bits per heavy atom. The van der Waals surface area contributed by atoms with Gasteiger partial charge in [-0.2, -0.15) is 0 Å². The Bertz CT molecular complexity index is 311. The van der Waals surface area contributed by atoms with Crippen LogP contribution < -0.4 is 10.8 Å². The molecule has 0 heterocycles. The van der Waals surface area contributed by atoms with Crippen LogP contribution in [0.1, 0.15) is 66.2 Å². The number of hydroxylamine groups is 1. The highest BCUT2D eigenvalue weighted by atomic mass is 16.6.